The Morgan fingerprint density at radius 2 is 0.660 bits per heavy atom. The van der Waals surface area contributed by atoms with E-state index in [9.17, 15) is 0 Å². The highest BCUT2D eigenvalue weighted by Gasteiger charge is 2.34. The van der Waals surface area contributed by atoms with Crippen LogP contribution in [0.5, 0.6) is 0 Å². The van der Waals surface area contributed by atoms with Crippen LogP contribution in [0.2, 0.25) is 0 Å². The SMILES string of the molecule is CCCCCCCCCCCCCCOCC(CCCCCCCCOCCCCCCC)(CC[N+](C)(C)C)CC[N+](C)(C)C.[I-].[I-]. The van der Waals surface area contributed by atoms with Gasteiger partial charge in [-0.05, 0) is 25.7 Å². The van der Waals surface area contributed by atoms with E-state index in [1.54, 1.807) is 0 Å². The highest BCUT2D eigenvalue weighted by Crippen LogP contribution is 2.35. The van der Waals surface area contributed by atoms with Crippen molar-refractivity contribution < 1.29 is 66.4 Å². The highest BCUT2D eigenvalue weighted by molar-refractivity contribution is 4.80. The lowest BCUT2D eigenvalue weighted by atomic mass is 9.76. The Morgan fingerprint density at radius 3 is 1.00 bits per heavy atom. The lowest BCUT2D eigenvalue weighted by molar-refractivity contribution is -0.874. The zero-order valence-electron chi connectivity index (χ0n) is 33.6. The summed E-state index contributed by atoms with van der Waals surface area (Å²) in [5.74, 6) is 0. The molecule has 0 fully saturated rings. The topological polar surface area (TPSA) is 18.5 Å². The first kappa shape index (κ1) is 52.7. The van der Waals surface area contributed by atoms with E-state index in [0.717, 1.165) is 35.4 Å². The van der Waals surface area contributed by atoms with Gasteiger partial charge in [-0.25, -0.2) is 0 Å². The first-order chi connectivity index (χ1) is 21.5. The summed E-state index contributed by atoms with van der Waals surface area (Å²) in [6, 6.07) is 0. The van der Waals surface area contributed by atoms with Crippen molar-refractivity contribution in [3.63, 3.8) is 0 Å². The molecule has 6 heteroatoms. The van der Waals surface area contributed by atoms with Gasteiger partial charge in [0, 0.05) is 38.1 Å². The van der Waals surface area contributed by atoms with E-state index < -0.39 is 0 Å². The molecule has 0 aliphatic rings. The van der Waals surface area contributed by atoms with Crippen molar-refractivity contribution in [1.82, 2.24) is 0 Å². The number of hydrogen-bond acceptors (Lipinski definition) is 2. The van der Waals surface area contributed by atoms with Crippen LogP contribution in [0.4, 0.5) is 0 Å². The second-order valence-electron chi connectivity index (χ2n) is 16.9. The van der Waals surface area contributed by atoms with Crippen molar-refractivity contribution in [2.24, 2.45) is 5.41 Å². The molecule has 0 saturated carbocycles. The lowest BCUT2D eigenvalue weighted by Gasteiger charge is -2.38. The van der Waals surface area contributed by atoms with Gasteiger partial charge in [-0.3, -0.25) is 0 Å². The van der Waals surface area contributed by atoms with Gasteiger partial charge in [-0.2, -0.15) is 0 Å². The Hall–Kier alpha value is 1.30. The summed E-state index contributed by atoms with van der Waals surface area (Å²) in [6.45, 7) is 10.9. The van der Waals surface area contributed by atoms with Crippen LogP contribution in [0.25, 0.3) is 0 Å². The predicted octanol–water partition coefficient (Wildman–Crippen LogP) is 5.61. The minimum atomic E-state index is 0. The first-order valence-electron chi connectivity index (χ1n) is 20.3. The number of unbranched alkanes of at least 4 members (excludes halogenated alkanes) is 20. The largest absolute Gasteiger partial charge is 1.00 e. The Balaban J connectivity index is -0.00000968. The molecule has 0 aromatic carbocycles. The smallest absolute Gasteiger partial charge is 0.0786 e. The van der Waals surface area contributed by atoms with E-state index in [1.165, 1.54) is 180 Å². The van der Waals surface area contributed by atoms with Crippen LogP contribution in [0, 0.1) is 5.41 Å². The van der Waals surface area contributed by atoms with Gasteiger partial charge in [0.05, 0.1) is 62.0 Å². The summed E-state index contributed by atoms with van der Waals surface area (Å²) in [5, 5.41) is 0. The maximum absolute atomic E-state index is 6.56. The van der Waals surface area contributed by atoms with Gasteiger partial charge >= 0.3 is 0 Å². The molecule has 0 N–H and O–H groups in total. The molecule has 0 unspecified atom stereocenters. The molecule has 0 aliphatic carbocycles. The molecular weight excluding hydrogens is 806 g/mol. The van der Waals surface area contributed by atoms with E-state index >= 15 is 0 Å². The molecule has 0 heterocycles. The maximum Gasteiger partial charge on any atom is 0.0786 e. The molecule has 0 radical (unpaired) electrons. The minimum absolute atomic E-state index is 0. The molecular formula is C41H88I2N2O2. The third-order valence-electron chi connectivity index (χ3n) is 9.81. The van der Waals surface area contributed by atoms with E-state index in [1.807, 2.05) is 0 Å². The lowest BCUT2D eigenvalue weighted by Crippen LogP contribution is -3.00. The normalized spacial score (nSPS) is 12.3. The van der Waals surface area contributed by atoms with E-state index in [0.29, 0.717) is 5.41 Å². The summed E-state index contributed by atoms with van der Waals surface area (Å²) >= 11 is 0. The summed E-state index contributed by atoms with van der Waals surface area (Å²) in [6.07, 6.45) is 35.4. The quantitative estimate of drug-likeness (QED) is 0.0464. The molecule has 0 aromatic heterocycles. The molecule has 0 rings (SSSR count). The van der Waals surface area contributed by atoms with Gasteiger partial charge in [0.2, 0.25) is 0 Å². The van der Waals surface area contributed by atoms with Crippen LogP contribution in [0.3, 0.4) is 0 Å². The molecule has 47 heavy (non-hydrogen) atoms. The number of nitrogens with zero attached hydrogens (tertiary/aromatic N) is 2. The maximum atomic E-state index is 6.56. The van der Waals surface area contributed by atoms with Gasteiger partial charge in [-0.15, -0.1) is 0 Å². The molecule has 0 atom stereocenters. The van der Waals surface area contributed by atoms with Crippen LogP contribution in [-0.4, -0.2) is 90.8 Å². The van der Waals surface area contributed by atoms with Gasteiger partial charge in [0.1, 0.15) is 0 Å². The molecule has 0 amide bonds. The van der Waals surface area contributed by atoms with Crippen molar-refractivity contribution in [3.8, 4) is 0 Å². The number of quaternary nitrogens is 2. The fourth-order valence-corrected chi connectivity index (χ4v) is 6.39. The summed E-state index contributed by atoms with van der Waals surface area (Å²) in [5.41, 5.74) is 0.319. The van der Waals surface area contributed by atoms with Crippen LogP contribution in [-0.2, 0) is 9.47 Å². The van der Waals surface area contributed by atoms with Gasteiger partial charge in [0.25, 0.3) is 0 Å². The van der Waals surface area contributed by atoms with Gasteiger partial charge in [-0.1, -0.05) is 142 Å². The zero-order chi connectivity index (χ0) is 33.5. The predicted molar refractivity (Wildman–Crippen MR) is 201 cm³/mol. The third-order valence-corrected chi connectivity index (χ3v) is 9.81. The second-order valence-corrected chi connectivity index (χ2v) is 16.9. The fourth-order valence-electron chi connectivity index (χ4n) is 6.39. The Kier molecular flexibility index (Phi) is 40.0. The molecule has 0 saturated heterocycles. The monoisotopic (exact) mass is 894 g/mol. The Morgan fingerprint density at radius 1 is 0.362 bits per heavy atom. The van der Waals surface area contributed by atoms with Crippen LogP contribution >= 0.6 is 0 Å². The molecule has 0 spiro atoms. The van der Waals surface area contributed by atoms with Crippen LogP contribution in [0.15, 0.2) is 0 Å². The Labute approximate surface area is 332 Å². The fraction of sp³-hybridized carbons (Fsp3) is 1.00. The standard InChI is InChI=1S/C41H88N2O2.2HI/c1-9-11-13-15-16-17-18-19-20-22-27-31-39-45-40-41(33-35-42(3,4)5,34-36-43(6,7)8)32-28-24-21-23-26-30-38-44-37-29-25-14-12-10-2;;/h9-40H2,1-8H3;2*1H/q+2;;/p-2. The number of hydrogen-bond donors (Lipinski definition) is 0. The van der Waals surface area contributed by atoms with Crippen molar-refractivity contribution >= 4 is 0 Å². The summed E-state index contributed by atoms with van der Waals surface area (Å²) in [4.78, 5) is 0. The third kappa shape index (κ3) is 39.9. The van der Waals surface area contributed by atoms with Gasteiger partial charge in [0.15, 0.2) is 0 Å². The second kappa shape index (κ2) is 35.7. The van der Waals surface area contributed by atoms with E-state index in [-0.39, 0.29) is 48.0 Å². The van der Waals surface area contributed by atoms with E-state index in [2.05, 4.69) is 56.1 Å². The number of ether oxygens (including phenoxy) is 2. The summed E-state index contributed by atoms with van der Waals surface area (Å²) in [7, 11) is 14.1. The minimum Gasteiger partial charge on any atom is -1.00 e. The van der Waals surface area contributed by atoms with Crippen molar-refractivity contribution in [3.05, 3.63) is 0 Å². The molecule has 288 valence electrons. The van der Waals surface area contributed by atoms with Crippen LogP contribution < -0.4 is 48.0 Å². The molecule has 4 nitrogen and oxygen atoms in total. The Bertz CT molecular complexity index is 555. The van der Waals surface area contributed by atoms with Crippen LogP contribution in [0.1, 0.15) is 181 Å². The average Bonchev–Trinajstić information content (AvgIpc) is 2.98. The molecule has 0 bridgehead atoms. The highest BCUT2D eigenvalue weighted by atomic mass is 127. The summed E-state index contributed by atoms with van der Waals surface area (Å²) < 4.78 is 14.5. The first-order valence-corrected chi connectivity index (χ1v) is 20.3. The van der Waals surface area contributed by atoms with E-state index in [4.69, 9.17) is 9.47 Å². The number of halogens is 2. The number of rotatable bonds is 36. The van der Waals surface area contributed by atoms with Crippen molar-refractivity contribution in [2.45, 2.75) is 181 Å². The zero-order valence-corrected chi connectivity index (χ0v) is 37.9. The molecule has 0 aromatic rings. The van der Waals surface area contributed by atoms with Crippen molar-refractivity contribution in [2.75, 3.05) is 81.8 Å². The molecule has 0 aliphatic heterocycles. The van der Waals surface area contributed by atoms with Crippen molar-refractivity contribution in [1.29, 1.82) is 0 Å². The van der Waals surface area contributed by atoms with Gasteiger partial charge < -0.3 is 66.4 Å². The average molecular weight is 895 g/mol.